The van der Waals surface area contributed by atoms with Crippen molar-refractivity contribution in [3.63, 3.8) is 0 Å². The van der Waals surface area contributed by atoms with E-state index < -0.39 is 0 Å². The van der Waals surface area contributed by atoms with Crippen LogP contribution in [-0.4, -0.2) is 66.2 Å². The maximum Gasteiger partial charge on any atom is 4.00 e. The second kappa shape index (κ2) is 21.2. The maximum atomic E-state index is 4.11. The number of nitrogens with zero attached hydrogens (tertiary/aromatic N) is 6. The molecule has 0 unspecified atom stereocenters. The molecule has 25 heavy (non-hydrogen) atoms. The third-order valence-electron chi connectivity index (χ3n) is 2.19. The molecule has 0 bridgehead atoms. The minimum absolute atomic E-state index is 0. The van der Waals surface area contributed by atoms with Crippen molar-refractivity contribution in [2.24, 2.45) is 0 Å². The quantitative estimate of drug-likeness (QED) is 0.763. The van der Waals surface area contributed by atoms with Gasteiger partial charge in [0.05, 0.1) is 0 Å². The molecule has 140 valence electrons. The Labute approximate surface area is 169 Å². The van der Waals surface area contributed by atoms with E-state index in [9.17, 15) is 0 Å². The van der Waals surface area contributed by atoms with Crippen LogP contribution in [0.4, 0.5) is 0 Å². The van der Waals surface area contributed by atoms with Gasteiger partial charge in [0.2, 0.25) is 0 Å². The molecule has 0 saturated heterocycles. The van der Waals surface area contributed by atoms with Crippen LogP contribution >= 0.6 is 0 Å². The Morgan fingerprint density at radius 3 is 1.16 bits per heavy atom. The van der Waals surface area contributed by atoms with E-state index in [4.69, 9.17) is 0 Å². The standard InChI is InChI=1S/2C7H11N2.2C2H6N.Ti/c2*1-9(2)6-7-4-3-5-8-7;2*1-3-2;/h2*3-5H,6H2,1-2H3;2*1-2H3;/q4*-1;+4. The van der Waals surface area contributed by atoms with Crippen molar-refractivity contribution in [2.45, 2.75) is 13.1 Å². The van der Waals surface area contributed by atoms with Crippen molar-refractivity contribution < 1.29 is 21.7 Å². The van der Waals surface area contributed by atoms with Crippen LogP contribution in [0.2, 0.25) is 0 Å². The average Bonchev–Trinajstić information content (AvgIpc) is 3.14. The van der Waals surface area contributed by atoms with Crippen LogP contribution in [0, 0.1) is 0 Å². The van der Waals surface area contributed by atoms with E-state index in [2.05, 4.69) is 30.4 Å². The number of rotatable bonds is 4. The van der Waals surface area contributed by atoms with Crippen LogP contribution in [0.1, 0.15) is 11.4 Å². The van der Waals surface area contributed by atoms with Crippen LogP contribution < -0.4 is 9.97 Å². The molecular formula is C18H34N6Ti. The van der Waals surface area contributed by atoms with Gasteiger partial charge in [0.15, 0.2) is 0 Å². The van der Waals surface area contributed by atoms with Gasteiger partial charge in [-0.25, -0.2) is 0 Å². The molecule has 2 aromatic rings. The van der Waals surface area contributed by atoms with E-state index in [1.165, 1.54) is 0 Å². The Kier molecular flexibility index (Phi) is 24.5. The molecule has 0 N–H and O–H groups in total. The summed E-state index contributed by atoms with van der Waals surface area (Å²) in [4.78, 5) is 12.4. The summed E-state index contributed by atoms with van der Waals surface area (Å²) in [5.74, 6) is 0. The second-order valence-electron chi connectivity index (χ2n) is 5.63. The van der Waals surface area contributed by atoms with Crippen LogP contribution in [0.25, 0.3) is 10.6 Å². The molecule has 6 nitrogen and oxygen atoms in total. The van der Waals surface area contributed by atoms with Crippen molar-refractivity contribution in [3.05, 3.63) is 58.7 Å². The molecule has 0 amide bonds. The van der Waals surface area contributed by atoms with Crippen molar-refractivity contribution in [1.29, 1.82) is 0 Å². The summed E-state index contributed by atoms with van der Waals surface area (Å²) < 4.78 is 0. The zero-order valence-electron chi connectivity index (χ0n) is 17.1. The van der Waals surface area contributed by atoms with E-state index in [1.54, 1.807) is 28.2 Å². The summed E-state index contributed by atoms with van der Waals surface area (Å²) in [5.41, 5.74) is 2.28. The molecule has 2 aromatic heterocycles. The monoisotopic (exact) mass is 382 g/mol. The van der Waals surface area contributed by atoms with Crippen molar-refractivity contribution in [2.75, 3.05) is 56.4 Å². The van der Waals surface area contributed by atoms with E-state index in [0.717, 1.165) is 24.5 Å². The number of hydrogen-bond acceptors (Lipinski definition) is 2. The minimum atomic E-state index is 0. The molecule has 0 radical (unpaired) electrons. The van der Waals surface area contributed by atoms with Gasteiger partial charge in [-0.1, -0.05) is 24.3 Å². The summed E-state index contributed by atoms with van der Waals surface area (Å²) in [6.45, 7) is 1.88. The van der Waals surface area contributed by atoms with E-state index in [0.29, 0.717) is 0 Å². The molecule has 0 aromatic carbocycles. The van der Waals surface area contributed by atoms with Crippen LogP contribution in [0.3, 0.4) is 0 Å². The molecule has 0 aliphatic rings. The van der Waals surface area contributed by atoms with Crippen LogP contribution in [0.15, 0.2) is 36.7 Å². The second-order valence-corrected chi connectivity index (χ2v) is 5.63. The summed E-state index contributed by atoms with van der Waals surface area (Å²) in [7, 11) is 15.1. The van der Waals surface area contributed by atoms with Gasteiger partial charge in [0, 0.05) is 13.1 Å². The Balaban J connectivity index is -0.000000287. The first-order valence-corrected chi connectivity index (χ1v) is 7.79. The topological polar surface area (TPSA) is 62.9 Å². The first kappa shape index (κ1) is 28.9. The van der Waals surface area contributed by atoms with Crippen molar-refractivity contribution in [1.82, 2.24) is 19.8 Å². The zero-order valence-corrected chi connectivity index (χ0v) is 18.6. The fraction of sp³-hybridized carbons (Fsp3) is 0.556. The van der Waals surface area contributed by atoms with Crippen molar-refractivity contribution >= 4 is 0 Å². The number of hydrogen-bond donors (Lipinski definition) is 0. The predicted octanol–water partition coefficient (Wildman–Crippen LogP) is 2.65. The Morgan fingerprint density at radius 1 is 0.720 bits per heavy atom. The predicted molar refractivity (Wildman–Crippen MR) is 105 cm³/mol. The SMILES string of the molecule is CN(C)Cc1ccc[n-]1.CN(C)Cc1ccc[n-]1.C[N-]C.C[N-]C.[Ti+4]. The molecule has 0 atom stereocenters. The Hall–Kier alpha value is -0.886. The molecular weight excluding hydrogens is 348 g/mol. The molecule has 2 heterocycles. The van der Waals surface area contributed by atoms with Gasteiger partial charge in [-0.05, 0) is 28.2 Å². The molecule has 0 saturated carbocycles. The third kappa shape index (κ3) is 23.1. The fourth-order valence-electron chi connectivity index (χ4n) is 1.51. The molecule has 0 fully saturated rings. The smallest absolute Gasteiger partial charge is 0.668 e. The van der Waals surface area contributed by atoms with Gasteiger partial charge >= 0.3 is 21.7 Å². The van der Waals surface area contributed by atoms with Gasteiger partial charge in [-0.2, -0.15) is 40.6 Å². The Bertz CT molecular complexity index is 384. The minimum Gasteiger partial charge on any atom is -0.668 e. The third-order valence-corrected chi connectivity index (χ3v) is 2.19. The van der Waals surface area contributed by atoms with Crippen LogP contribution in [-0.2, 0) is 34.8 Å². The first-order chi connectivity index (χ1) is 11.4. The summed E-state index contributed by atoms with van der Waals surface area (Å²) >= 11 is 0. The van der Waals surface area contributed by atoms with E-state index in [1.807, 2.05) is 64.8 Å². The maximum absolute atomic E-state index is 4.11. The first-order valence-electron chi connectivity index (χ1n) is 7.79. The van der Waals surface area contributed by atoms with Gasteiger partial charge in [-0.15, -0.1) is 11.4 Å². The largest absolute Gasteiger partial charge is 4.00 e. The van der Waals surface area contributed by atoms with Gasteiger partial charge in [-0.3, -0.25) is 0 Å². The van der Waals surface area contributed by atoms with E-state index >= 15 is 0 Å². The zero-order chi connectivity index (χ0) is 18.8. The van der Waals surface area contributed by atoms with Crippen molar-refractivity contribution in [3.8, 4) is 0 Å². The molecule has 0 aliphatic carbocycles. The van der Waals surface area contributed by atoms with E-state index in [-0.39, 0.29) is 21.7 Å². The van der Waals surface area contributed by atoms with Gasteiger partial charge in [0.1, 0.15) is 0 Å². The summed E-state index contributed by atoms with van der Waals surface area (Å²) in [5, 5.41) is 7.00. The normalized spacial score (nSPS) is 9.04. The summed E-state index contributed by atoms with van der Waals surface area (Å²) in [6, 6.07) is 7.97. The molecule has 0 spiro atoms. The fourth-order valence-corrected chi connectivity index (χ4v) is 1.51. The molecule has 7 heteroatoms. The average molecular weight is 382 g/mol. The number of aromatic nitrogens is 2. The van der Waals surface area contributed by atoms with Gasteiger partial charge in [0.25, 0.3) is 0 Å². The van der Waals surface area contributed by atoms with Crippen LogP contribution in [0.5, 0.6) is 0 Å². The summed E-state index contributed by atoms with van der Waals surface area (Å²) in [6.07, 6.45) is 3.64. The van der Waals surface area contributed by atoms with Gasteiger partial charge < -0.3 is 30.4 Å². The molecule has 0 aliphatic heterocycles. The molecule has 2 rings (SSSR count). The Morgan fingerprint density at radius 2 is 1.00 bits per heavy atom.